The molecule has 1 aliphatic rings. The number of aliphatic carboxylic acids is 2. The second-order valence-corrected chi connectivity index (χ2v) is 12.4. The van der Waals surface area contributed by atoms with E-state index in [1.807, 2.05) is 6.26 Å². The molecule has 9 N–H and O–H groups in total. The van der Waals surface area contributed by atoms with Gasteiger partial charge in [-0.25, -0.2) is 4.79 Å². The Morgan fingerprint density at radius 3 is 2.13 bits per heavy atom. The fourth-order valence-corrected chi connectivity index (χ4v) is 5.49. The molecule has 0 spiro atoms. The van der Waals surface area contributed by atoms with Crippen molar-refractivity contribution in [2.75, 3.05) is 25.1 Å². The lowest BCUT2D eigenvalue weighted by Gasteiger charge is -2.31. The molecule has 1 fully saturated rings. The van der Waals surface area contributed by atoms with Gasteiger partial charge in [-0.1, -0.05) is 26.0 Å². The van der Waals surface area contributed by atoms with Crippen LogP contribution in [0.25, 0.3) is 0 Å². The summed E-state index contributed by atoms with van der Waals surface area (Å²) in [5, 5.41) is 37.9. The number of aromatic hydroxyl groups is 1. The van der Waals surface area contributed by atoms with E-state index in [0.717, 1.165) is 0 Å². The maximum Gasteiger partial charge on any atom is 0.326 e. The number of amides is 5. The highest BCUT2D eigenvalue weighted by Gasteiger charge is 2.40. The van der Waals surface area contributed by atoms with Gasteiger partial charge in [-0.05, 0) is 54.9 Å². The maximum atomic E-state index is 13.9. The van der Waals surface area contributed by atoms with Gasteiger partial charge in [0.15, 0.2) is 0 Å². The molecule has 260 valence electrons. The summed E-state index contributed by atoms with van der Waals surface area (Å²) in [6.45, 7) is 3.05. The first-order valence-corrected chi connectivity index (χ1v) is 16.5. The molecule has 0 unspecified atom stereocenters. The highest BCUT2D eigenvalue weighted by Crippen LogP contribution is 2.21. The Bertz CT molecular complexity index is 1290. The number of carbonyl (C=O) groups excluding carboxylic acids is 5. The maximum absolute atomic E-state index is 13.9. The largest absolute Gasteiger partial charge is 0.508 e. The van der Waals surface area contributed by atoms with Gasteiger partial charge in [0, 0.05) is 13.0 Å². The van der Waals surface area contributed by atoms with Crippen LogP contribution in [-0.2, 0) is 40.0 Å². The van der Waals surface area contributed by atoms with E-state index < -0.39 is 84.0 Å². The molecule has 1 saturated heterocycles. The number of hydrogen-bond acceptors (Lipinski definition) is 10. The molecule has 1 heterocycles. The van der Waals surface area contributed by atoms with Gasteiger partial charge in [0.05, 0.1) is 13.0 Å². The van der Waals surface area contributed by atoms with Crippen LogP contribution in [0, 0.1) is 5.92 Å². The van der Waals surface area contributed by atoms with E-state index in [9.17, 15) is 43.8 Å². The van der Waals surface area contributed by atoms with Crippen molar-refractivity contribution in [3.05, 3.63) is 29.8 Å². The Balaban J connectivity index is 2.23. The van der Waals surface area contributed by atoms with Crippen molar-refractivity contribution in [3.63, 3.8) is 0 Å². The molecule has 0 radical (unpaired) electrons. The lowest BCUT2D eigenvalue weighted by atomic mass is 10.0. The average molecular weight is 681 g/mol. The fourth-order valence-electron chi connectivity index (χ4n) is 5.02. The standard InChI is InChI=1S/C30H44N6O10S/c1-16(2)25(28(43)34-21(30(45)46)14-24(39)40)35-27(42)22-5-4-11-36(22)29(44)19(10-12-47-3)33-26(41)20(32-23(38)15-31)13-17-6-8-18(37)9-7-17/h6-9,16,19-22,25,37H,4-5,10-15,31H2,1-3H3,(H,32,38)(H,33,41)(H,34,43)(H,35,42)(H,39,40)(H,45,46)/t19-,20-,21-,22-,25-/m0/s1. The summed E-state index contributed by atoms with van der Waals surface area (Å²) in [5.74, 6) is -6.31. The summed E-state index contributed by atoms with van der Waals surface area (Å²) in [7, 11) is 0. The summed E-state index contributed by atoms with van der Waals surface area (Å²) in [4.78, 5) is 89.7. The molecule has 2 rings (SSSR count). The zero-order valence-corrected chi connectivity index (χ0v) is 27.4. The van der Waals surface area contributed by atoms with E-state index in [1.165, 1.54) is 28.8 Å². The predicted molar refractivity (Wildman–Crippen MR) is 171 cm³/mol. The van der Waals surface area contributed by atoms with Gasteiger partial charge in [0.1, 0.15) is 36.0 Å². The minimum atomic E-state index is -1.71. The SMILES string of the molecule is CSCC[C@H](NC(=O)[C@H](Cc1ccc(O)cc1)NC(=O)CN)C(=O)N1CCC[C@H]1C(=O)N[C@H](C(=O)N[C@@H](CC(=O)O)C(=O)O)C(C)C. The van der Waals surface area contributed by atoms with Crippen molar-refractivity contribution in [1.82, 2.24) is 26.2 Å². The van der Waals surface area contributed by atoms with E-state index in [4.69, 9.17) is 10.8 Å². The number of thioether (sulfide) groups is 1. The molecule has 1 aliphatic heterocycles. The van der Waals surface area contributed by atoms with E-state index in [1.54, 1.807) is 26.0 Å². The Morgan fingerprint density at radius 2 is 1.57 bits per heavy atom. The third-order valence-corrected chi connectivity index (χ3v) is 8.16. The van der Waals surface area contributed by atoms with Crippen LogP contribution in [0.3, 0.4) is 0 Å². The number of nitrogens with one attached hydrogen (secondary N) is 4. The number of nitrogens with zero attached hydrogens (tertiary/aromatic N) is 1. The number of carboxylic acids is 2. The van der Waals surface area contributed by atoms with E-state index in [-0.39, 0.29) is 38.1 Å². The van der Waals surface area contributed by atoms with Crippen LogP contribution in [0.1, 0.15) is 45.1 Å². The van der Waals surface area contributed by atoms with Crippen molar-refractivity contribution in [2.45, 2.75) is 76.2 Å². The van der Waals surface area contributed by atoms with Crippen LogP contribution in [-0.4, -0.2) is 117 Å². The first-order chi connectivity index (χ1) is 22.2. The number of likely N-dealkylation sites (tertiary alicyclic amines) is 1. The van der Waals surface area contributed by atoms with Crippen molar-refractivity contribution < 1.29 is 48.9 Å². The van der Waals surface area contributed by atoms with Crippen LogP contribution in [0.5, 0.6) is 5.75 Å². The number of carbonyl (C=O) groups is 7. The number of hydrogen-bond donors (Lipinski definition) is 8. The van der Waals surface area contributed by atoms with Gasteiger partial charge >= 0.3 is 11.9 Å². The Kier molecular flexibility index (Phi) is 15.4. The average Bonchev–Trinajstić information content (AvgIpc) is 3.51. The van der Waals surface area contributed by atoms with Crippen molar-refractivity contribution >= 4 is 53.2 Å². The molecule has 1 aromatic rings. The first-order valence-electron chi connectivity index (χ1n) is 15.1. The molecule has 0 saturated carbocycles. The van der Waals surface area contributed by atoms with Crippen molar-refractivity contribution in [1.29, 1.82) is 0 Å². The van der Waals surface area contributed by atoms with Crippen molar-refractivity contribution in [3.8, 4) is 5.75 Å². The lowest BCUT2D eigenvalue weighted by molar-refractivity contribution is -0.147. The molecular formula is C30H44N6O10S. The Labute approximate surface area is 276 Å². The lowest BCUT2D eigenvalue weighted by Crippen LogP contribution is -2.59. The zero-order valence-electron chi connectivity index (χ0n) is 26.6. The quantitative estimate of drug-likeness (QED) is 0.0909. The van der Waals surface area contributed by atoms with E-state index in [0.29, 0.717) is 17.7 Å². The number of rotatable bonds is 18. The van der Waals surface area contributed by atoms with Crippen LogP contribution in [0.4, 0.5) is 0 Å². The predicted octanol–water partition coefficient (Wildman–Crippen LogP) is -1.21. The number of phenols is 1. The van der Waals surface area contributed by atoms with Crippen LogP contribution in [0.2, 0.25) is 0 Å². The van der Waals surface area contributed by atoms with E-state index in [2.05, 4.69) is 21.3 Å². The summed E-state index contributed by atoms with van der Waals surface area (Å²) in [6.07, 6.45) is 1.95. The van der Waals surface area contributed by atoms with Crippen molar-refractivity contribution in [2.24, 2.45) is 11.7 Å². The minimum absolute atomic E-state index is 0.0238. The zero-order chi connectivity index (χ0) is 35.3. The second-order valence-electron chi connectivity index (χ2n) is 11.5. The fraction of sp³-hybridized carbons (Fsp3) is 0.567. The summed E-state index contributed by atoms with van der Waals surface area (Å²) in [6, 6.07) is -0.0382. The molecule has 0 bridgehead atoms. The van der Waals surface area contributed by atoms with Crippen LogP contribution in [0.15, 0.2) is 24.3 Å². The molecule has 5 amide bonds. The van der Waals surface area contributed by atoms with Gasteiger partial charge in [-0.15, -0.1) is 0 Å². The third kappa shape index (κ3) is 12.1. The molecule has 0 aliphatic carbocycles. The van der Waals surface area contributed by atoms with Crippen LogP contribution < -0.4 is 27.0 Å². The molecule has 47 heavy (non-hydrogen) atoms. The third-order valence-electron chi connectivity index (χ3n) is 7.52. The topological polar surface area (TPSA) is 258 Å². The van der Waals surface area contributed by atoms with Gasteiger partial charge in [-0.2, -0.15) is 11.8 Å². The summed E-state index contributed by atoms with van der Waals surface area (Å²) < 4.78 is 0. The molecule has 1 aromatic carbocycles. The molecule has 0 aromatic heterocycles. The number of carboxylic acid groups (broad SMARTS) is 2. The molecular weight excluding hydrogens is 636 g/mol. The molecule has 16 nitrogen and oxygen atoms in total. The summed E-state index contributed by atoms with van der Waals surface area (Å²) in [5.41, 5.74) is 6.08. The second kappa shape index (κ2) is 18.7. The molecule has 17 heteroatoms. The monoisotopic (exact) mass is 680 g/mol. The van der Waals surface area contributed by atoms with Crippen LogP contribution >= 0.6 is 11.8 Å². The first kappa shape index (κ1) is 38.8. The Hall–Kier alpha value is -4.38. The van der Waals surface area contributed by atoms with Gasteiger partial charge in [0.2, 0.25) is 29.5 Å². The minimum Gasteiger partial charge on any atom is -0.508 e. The van der Waals surface area contributed by atoms with E-state index >= 15 is 0 Å². The molecule has 5 atom stereocenters. The smallest absolute Gasteiger partial charge is 0.326 e. The van der Waals surface area contributed by atoms with Gasteiger partial charge in [-0.3, -0.25) is 28.8 Å². The number of phenolic OH excluding ortho intramolecular Hbond substituents is 1. The highest BCUT2D eigenvalue weighted by atomic mass is 32.2. The Morgan fingerprint density at radius 1 is 0.936 bits per heavy atom. The highest BCUT2D eigenvalue weighted by molar-refractivity contribution is 7.98. The van der Waals surface area contributed by atoms with Gasteiger partial charge in [0.25, 0.3) is 0 Å². The number of nitrogens with two attached hydrogens (primary N) is 1. The number of benzene rings is 1. The normalized spacial score (nSPS) is 16.8. The van der Waals surface area contributed by atoms with Gasteiger partial charge < -0.3 is 47.2 Å². The summed E-state index contributed by atoms with van der Waals surface area (Å²) >= 11 is 1.44.